The number of nitrogens with zero attached hydrogens (tertiary/aromatic N) is 2. The van der Waals surface area contributed by atoms with Crippen molar-refractivity contribution in [3.63, 3.8) is 0 Å². The van der Waals surface area contributed by atoms with E-state index >= 15 is 0 Å². The second-order valence-corrected chi connectivity index (χ2v) is 11.1. The highest BCUT2D eigenvalue weighted by atomic mass is 127. The summed E-state index contributed by atoms with van der Waals surface area (Å²) in [5.74, 6) is 0.314. The summed E-state index contributed by atoms with van der Waals surface area (Å²) in [7, 11) is 1.64. The fourth-order valence-electron chi connectivity index (χ4n) is 3.76. The molecule has 0 saturated heterocycles. The highest BCUT2D eigenvalue weighted by molar-refractivity contribution is 14.1. The average Bonchev–Trinajstić information content (AvgIpc) is 3.08. The highest BCUT2D eigenvalue weighted by Gasteiger charge is 2.33. The molecule has 10 heteroatoms. The van der Waals surface area contributed by atoms with Crippen LogP contribution in [0.15, 0.2) is 57.5 Å². The minimum atomic E-state index is -0.661. The van der Waals surface area contributed by atoms with Gasteiger partial charge in [0.15, 0.2) is 4.80 Å². The van der Waals surface area contributed by atoms with Gasteiger partial charge in [-0.15, -0.1) is 0 Å². The van der Waals surface area contributed by atoms with E-state index in [0.717, 1.165) is 24.0 Å². The van der Waals surface area contributed by atoms with Crippen LogP contribution in [-0.4, -0.2) is 24.3 Å². The number of rotatable bonds is 5. The first-order chi connectivity index (χ1) is 16.2. The zero-order valence-corrected chi connectivity index (χ0v) is 24.3. The number of allylic oxidation sites excluding steroid dienone is 1. The fraction of sp³-hybridized carbons (Fsp3) is 0.208. The quantitative estimate of drug-likeness (QED) is 0.284. The lowest BCUT2D eigenvalue weighted by molar-refractivity contribution is -0.139. The number of hydrogen-bond acceptors (Lipinski definition) is 6. The van der Waals surface area contributed by atoms with Crippen molar-refractivity contribution in [3.8, 4) is 5.75 Å². The topological polar surface area (TPSA) is 69.9 Å². The molecule has 2 heterocycles. The van der Waals surface area contributed by atoms with Gasteiger partial charge >= 0.3 is 5.97 Å². The molecule has 0 fully saturated rings. The number of ether oxygens (including phenoxy) is 2. The van der Waals surface area contributed by atoms with Gasteiger partial charge in [0.05, 0.1) is 42.7 Å². The maximum absolute atomic E-state index is 13.6. The van der Waals surface area contributed by atoms with Gasteiger partial charge in [0, 0.05) is 5.02 Å². The second kappa shape index (κ2) is 10.5. The first-order valence-electron chi connectivity index (χ1n) is 10.2. The van der Waals surface area contributed by atoms with Crippen molar-refractivity contribution in [2.75, 3.05) is 13.7 Å². The molecule has 0 N–H and O–H groups in total. The molecular formula is C24H19ClI2N2O4S. The predicted octanol–water partition coefficient (Wildman–Crippen LogP) is 4.67. The van der Waals surface area contributed by atoms with Crippen LogP contribution in [0.5, 0.6) is 5.75 Å². The molecule has 1 atom stereocenters. The molecule has 0 aliphatic carbocycles. The Hall–Kier alpha value is -1.70. The lowest BCUT2D eigenvalue weighted by Crippen LogP contribution is -2.39. The molecule has 0 bridgehead atoms. The standard InChI is InChI=1S/C24H19ClI2N2O4S/c1-4-33-23(31)19-12(2)28-24-29(20(19)14-5-7-15(25)8-6-14)22(30)18(34-24)11-13-9-16(26)21(32-3)17(27)10-13/h5-11,20H,4H2,1-3H3/b18-11-. The number of aromatic nitrogens is 1. The van der Waals surface area contributed by atoms with Crippen LogP contribution in [0, 0.1) is 7.14 Å². The van der Waals surface area contributed by atoms with E-state index < -0.39 is 12.0 Å². The van der Waals surface area contributed by atoms with E-state index in [1.807, 2.05) is 30.3 Å². The summed E-state index contributed by atoms with van der Waals surface area (Å²) in [5, 5.41) is 0.568. The molecule has 3 aromatic rings. The van der Waals surface area contributed by atoms with Gasteiger partial charge in [0.1, 0.15) is 5.75 Å². The lowest BCUT2D eigenvalue weighted by Gasteiger charge is -2.24. The molecule has 34 heavy (non-hydrogen) atoms. The van der Waals surface area contributed by atoms with E-state index in [1.54, 1.807) is 37.7 Å². The van der Waals surface area contributed by atoms with Gasteiger partial charge < -0.3 is 9.47 Å². The summed E-state index contributed by atoms with van der Waals surface area (Å²) in [6, 6.07) is 10.4. The largest absolute Gasteiger partial charge is 0.495 e. The SMILES string of the molecule is CCOC(=O)C1=C(C)N=c2s/c(=C\c3cc(I)c(OC)c(I)c3)c(=O)n2C1c1ccc(Cl)cc1. The van der Waals surface area contributed by atoms with Gasteiger partial charge in [0.2, 0.25) is 0 Å². The maximum Gasteiger partial charge on any atom is 0.338 e. The Morgan fingerprint density at radius 3 is 2.47 bits per heavy atom. The van der Waals surface area contributed by atoms with E-state index in [4.69, 9.17) is 21.1 Å². The van der Waals surface area contributed by atoms with Crippen LogP contribution in [0.2, 0.25) is 5.02 Å². The van der Waals surface area contributed by atoms with Crippen molar-refractivity contribution < 1.29 is 14.3 Å². The summed E-state index contributed by atoms with van der Waals surface area (Å²) < 4.78 is 14.7. The Kier molecular flexibility index (Phi) is 7.85. The summed E-state index contributed by atoms with van der Waals surface area (Å²) in [5.41, 5.74) is 2.28. The number of benzene rings is 2. The number of hydrogen-bond donors (Lipinski definition) is 0. The third-order valence-electron chi connectivity index (χ3n) is 5.23. The predicted molar refractivity (Wildman–Crippen MR) is 150 cm³/mol. The fourth-order valence-corrected chi connectivity index (χ4v) is 7.19. The Labute approximate surface area is 232 Å². The average molecular weight is 721 g/mol. The first kappa shape index (κ1) is 25.4. The number of methoxy groups -OCH3 is 1. The summed E-state index contributed by atoms with van der Waals surface area (Å²) in [6.07, 6.45) is 1.84. The van der Waals surface area contributed by atoms with Gasteiger partial charge in [-0.25, -0.2) is 9.79 Å². The van der Waals surface area contributed by atoms with Crippen LogP contribution in [0.25, 0.3) is 6.08 Å². The molecule has 2 aromatic carbocycles. The highest BCUT2D eigenvalue weighted by Crippen LogP contribution is 2.32. The molecule has 0 radical (unpaired) electrons. The number of fused-ring (bicyclic) bond motifs is 1. The normalized spacial score (nSPS) is 15.7. The van der Waals surface area contributed by atoms with Gasteiger partial charge in [-0.2, -0.15) is 0 Å². The molecule has 176 valence electrons. The first-order valence-corrected chi connectivity index (χ1v) is 13.6. The summed E-state index contributed by atoms with van der Waals surface area (Å²) >= 11 is 11.8. The zero-order chi connectivity index (χ0) is 24.6. The Bertz CT molecular complexity index is 1470. The molecule has 1 aromatic heterocycles. The number of thiazole rings is 1. The van der Waals surface area contributed by atoms with Crippen LogP contribution >= 0.6 is 68.1 Å². The number of esters is 1. The van der Waals surface area contributed by atoms with E-state index in [9.17, 15) is 9.59 Å². The molecule has 1 aliphatic rings. The maximum atomic E-state index is 13.6. The Balaban J connectivity index is 1.94. The van der Waals surface area contributed by atoms with Crippen LogP contribution in [0.1, 0.15) is 31.0 Å². The lowest BCUT2D eigenvalue weighted by atomic mass is 9.96. The molecule has 0 spiro atoms. The van der Waals surface area contributed by atoms with Crippen LogP contribution in [0.3, 0.4) is 0 Å². The smallest absolute Gasteiger partial charge is 0.338 e. The minimum absolute atomic E-state index is 0.223. The molecular weight excluding hydrogens is 702 g/mol. The van der Waals surface area contributed by atoms with Crippen LogP contribution < -0.4 is 19.6 Å². The van der Waals surface area contributed by atoms with Crippen molar-refractivity contribution in [1.82, 2.24) is 4.57 Å². The summed E-state index contributed by atoms with van der Waals surface area (Å²) in [4.78, 5) is 31.7. The van der Waals surface area contributed by atoms with E-state index in [0.29, 0.717) is 25.6 Å². The van der Waals surface area contributed by atoms with Crippen molar-refractivity contribution >= 4 is 80.2 Å². The van der Waals surface area contributed by atoms with E-state index in [-0.39, 0.29) is 12.2 Å². The monoisotopic (exact) mass is 720 g/mol. The third-order valence-corrected chi connectivity index (χ3v) is 8.06. The molecule has 1 unspecified atom stereocenters. The summed E-state index contributed by atoms with van der Waals surface area (Å²) in [6.45, 7) is 3.74. The molecule has 1 aliphatic heterocycles. The Morgan fingerprint density at radius 1 is 1.24 bits per heavy atom. The van der Waals surface area contributed by atoms with Gasteiger partial charge in [-0.3, -0.25) is 9.36 Å². The minimum Gasteiger partial charge on any atom is -0.495 e. The second-order valence-electron chi connectivity index (χ2n) is 7.37. The molecule has 0 saturated carbocycles. The number of carbonyl (C=O) groups excluding carboxylic acids is 1. The molecule has 6 nitrogen and oxygen atoms in total. The van der Waals surface area contributed by atoms with E-state index in [2.05, 4.69) is 50.2 Å². The Morgan fingerprint density at radius 2 is 1.88 bits per heavy atom. The van der Waals surface area contributed by atoms with Crippen molar-refractivity contribution in [2.24, 2.45) is 4.99 Å². The van der Waals surface area contributed by atoms with Gasteiger partial charge in [-0.1, -0.05) is 35.1 Å². The third kappa shape index (κ3) is 4.84. The zero-order valence-electron chi connectivity index (χ0n) is 18.4. The van der Waals surface area contributed by atoms with Crippen molar-refractivity contribution in [1.29, 1.82) is 0 Å². The molecule has 4 rings (SSSR count). The van der Waals surface area contributed by atoms with Crippen molar-refractivity contribution in [3.05, 3.63) is 90.6 Å². The number of halogens is 3. The van der Waals surface area contributed by atoms with E-state index in [1.165, 1.54) is 11.3 Å². The molecule has 0 amide bonds. The van der Waals surface area contributed by atoms with Crippen LogP contribution in [-0.2, 0) is 9.53 Å². The van der Waals surface area contributed by atoms with Crippen LogP contribution in [0.4, 0.5) is 0 Å². The van der Waals surface area contributed by atoms with Crippen molar-refractivity contribution in [2.45, 2.75) is 19.9 Å². The van der Waals surface area contributed by atoms with Gasteiger partial charge in [0.25, 0.3) is 5.56 Å². The number of carbonyl (C=O) groups is 1. The van der Waals surface area contributed by atoms with Gasteiger partial charge in [-0.05, 0) is 100 Å².